The molecule has 0 unspecified atom stereocenters. The van der Waals surface area contributed by atoms with Crippen LogP contribution in [0, 0.1) is 0 Å². The average Bonchev–Trinajstić information content (AvgIpc) is 2.37. The fourth-order valence-corrected chi connectivity index (χ4v) is 3.16. The van der Waals surface area contributed by atoms with Gasteiger partial charge in [0.1, 0.15) is 0 Å². The summed E-state index contributed by atoms with van der Waals surface area (Å²) in [5.41, 5.74) is 0.791. The van der Waals surface area contributed by atoms with Gasteiger partial charge in [0.05, 0.1) is 0 Å². The van der Waals surface area contributed by atoms with Crippen molar-refractivity contribution in [1.29, 1.82) is 0 Å². The molecular weight excluding hydrogens is 255 g/mol. The molecule has 12 nitrogen and oxygen atoms in total. The molecule has 0 aliphatic rings. The monoisotopic (exact) mass is 268 g/mol. The third kappa shape index (κ3) is 2.30. The molecule has 0 aromatic carbocycles. The molecule has 0 atom stereocenters. The first-order valence-electron chi connectivity index (χ1n) is 3.97. The summed E-state index contributed by atoms with van der Waals surface area (Å²) in [7, 11) is -4.71. The summed E-state index contributed by atoms with van der Waals surface area (Å²) in [6, 6.07) is 0. The second-order valence-electron chi connectivity index (χ2n) is 2.64. The van der Waals surface area contributed by atoms with Crippen LogP contribution in [0.15, 0.2) is 0 Å². The number of carbonyl (C=O) groups excluding carboxylic acids is 4. The first-order chi connectivity index (χ1) is 7.93. The van der Waals surface area contributed by atoms with Crippen LogP contribution in [0.3, 0.4) is 0 Å². The molecule has 0 bridgehead atoms. The molecule has 0 saturated heterocycles. The maximum atomic E-state index is 11.5. The van der Waals surface area contributed by atoms with Crippen LogP contribution in [0.4, 0.5) is 19.2 Å². The topological polar surface area (TPSA) is 220 Å². The zero-order chi connectivity index (χ0) is 13.6. The quantitative estimate of drug-likeness (QED) is 0.114. The van der Waals surface area contributed by atoms with Crippen molar-refractivity contribution >= 4 is 29.9 Å². The van der Waals surface area contributed by atoms with Crippen molar-refractivity contribution in [3.63, 3.8) is 0 Å². The average molecular weight is 268 g/mol. The van der Waals surface area contributed by atoms with Crippen LogP contribution in [0.2, 0.25) is 0 Å². The van der Waals surface area contributed by atoms with Crippen molar-refractivity contribution in [1.82, 2.24) is 21.7 Å². The van der Waals surface area contributed by atoms with E-state index >= 15 is 0 Å². The van der Waals surface area contributed by atoms with Crippen LogP contribution in [0.5, 0.6) is 0 Å². The van der Waals surface area contributed by atoms with Crippen molar-refractivity contribution in [2.24, 2.45) is 23.4 Å². The summed E-state index contributed by atoms with van der Waals surface area (Å²) in [5, 5.41) is 0. The second-order valence-corrected chi connectivity index (χ2v) is 5.96. The second kappa shape index (κ2) is 6.03. The van der Waals surface area contributed by atoms with Gasteiger partial charge < -0.3 is 0 Å². The fourth-order valence-electron chi connectivity index (χ4n) is 1.05. The van der Waals surface area contributed by atoms with E-state index in [1.165, 1.54) is 21.7 Å². The Morgan fingerprint density at radius 3 is 0.882 bits per heavy atom. The predicted octanol–water partition coefficient (Wildman–Crippen LogP) is -2.93. The third-order valence-corrected chi connectivity index (χ3v) is 5.19. The molecule has 0 radical (unpaired) electrons. The number of hydrazine groups is 4. The molecule has 4 amide bonds. The number of nitrogens with one attached hydrogen (secondary N) is 4. The number of rotatable bonds is 4. The van der Waals surface area contributed by atoms with E-state index in [0.717, 1.165) is 0 Å². The van der Waals surface area contributed by atoms with Crippen molar-refractivity contribution in [2.75, 3.05) is 0 Å². The fraction of sp³-hybridized carbons (Fsp3) is 0. The molecule has 0 aliphatic carbocycles. The van der Waals surface area contributed by atoms with Gasteiger partial charge in [0.25, 0.3) is 0 Å². The zero-order valence-corrected chi connectivity index (χ0v) is 9.44. The van der Waals surface area contributed by atoms with Gasteiger partial charge in [-0.2, -0.15) is 0 Å². The van der Waals surface area contributed by atoms with Gasteiger partial charge in [-0.1, -0.05) is 0 Å². The zero-order valence-electron chi connectivity index (χ0n) is 8.44. The van der Waals surface area contributed by atoms with Gasteiger partial charge in [-0.3, -0.25) is 0 Å². The molecule has 0 aliphatic heterocycles. The summed E-state index contributed by atoms with van der Waals surface area (Å²) in [4.78, 5) is 46.0. The van der Waals surface area contributed by atoms with E-state index < -0.39 is 29.9 Å². The number of nitrogens with two attached hydrogens (primary N) is 4. The molecular formula is C4H13N8O4P. The Bertz CT molecular complexity index is 288. The third-order valence-electron chi connectivity index (χ3n) is 1.89. The Balaban J connectivity index is 5.88. The van der Waals surface area contributed by atoms with Crippen molar-refractivity contribution < 1.29 is 19.2 Å². The van der Waals surface area contributed by atoms with Gasteiger partial charge in [0.15, 0.2) is 0 Å². The minimum absolute atomic E-state index is 1.33. The van der Waals surface area contributed by atoms with Crippen molar-refractivity contribution in [3.05, 3.63) is 0 Å². The Morgan fingerprint density at radius 1 is 0.588 bits per heavy atom. The molecule has 98 valence electrons. The number of hydrogen-bond acceptors (Lipinski definition) is 8. The van der Waals surface area contributed by atoms with E-state index in [1.807, 2.05) is 0 Å². The molecule has 0 aromatic rings. The van der Waals surface area contributed by atoms with E-state index in [9.17, 15) is 19.2 Å². The predicted molar refractivity (Wildman–Crippen MR) is 59.2 cm³/mol. The van der Waals surface area contributed by atoms with Gasteiger partial charge in [-0.05, 0) is 0 Å². The maximum absolute atomic E-state index is 11.5. The Hall–Kier alpha value is -1.85. The van der Waals surface area contributed by atoms with E-state index in [-0.39, 0.29) is 0 Å². The van der Waals surface area contributed by atoms with Crippen molar-refractivity contribution in [3.8, 4) is 0 Å². The minimum atomic E-state index is -4.71. The van der Waals surface area contributed by atoms with Gasteiger partial charge >= 0.3 is 94.1 Å². The first-order valence-corrected chi connectivity index (χ1v) is 5.97. The summed E-state index contributed by atoms with van der Waals surface area (Å²) < 4.78 is 0. The molecule has 0 aromatic heterocycles. The molecule has 0 saturated carbocycles. The number of hydrogen-bond donors (Lipinski definition) is 8. The van der Waals surface area contributed by atoms with E-state index in [1.54, 1.807) is 0 Å². The van der Waals surface area contributed by atoms with Crippen LogP contribution in [0.25, 0.3) is 0 Å². The SMILES string of the molecule is NNC(=O)[PH](C(=O)NN)(C(=O)NN)C(=O)NN. The molecule has 13 heteroatoms. The summed E-state index contributed by atoms with van der Waals surface area (Å²) in [6.07, 6.45) is 0. The van der Waals surface area contributed by atoms with Crippen LogP contribution in [-0.4, -0.2) is 22.6 Å². The Kier molecular flexibility index (Phi) is 5.37. The Morgan fingerprint density at radius 2 is 0.765 bits per heavy atom. The molecule has 0 fully saturated rings. The summed E-state index contributed by atoms with van der Waals surface area (Å²) in [6.45, 7) is 0. The molecule has 0 heterocycles. The van der Waals surface area contributed by atoms with Crippen LogP contribution in [-0.2, 0) is 0 Å². The molecule has 12 N–H and O–H groups in total. The van der Waals surface area contributed by atoms with E-state index in [0.29, 0.717) is 0 Å². The van der Waals surface area contributed by atoms with E-state index in [4.69, 9.17) is 23.4 Å². The summed E-state index contributed by atoms with van der Waals surface area (Å²) in [5.74, 6) is 19.2. The van der Waals surface area contributed by atoms with Crippen LogP contribution in [0.1, 0.15) is 0 Å². The summed E-state index contributed by atoms with van der Waals surface area (Å²) >= 11 is 0. The van der Waals surface area contributed by atoms with Crippen molar-refractivity contribution in [2.45, 2.75) is 0 Å². The molecule has 17 heavy (non-hydrogen) atoms. The molecule has 0 rings (SSSR count). The van der Waals surface area contributed by atoms with Crippen LogP contribution >= 0.6 is 7.26 Å². The van der Waals surface area contributed by atoms with Crippen LogP contribution < -0.4 is 45.1 Å². The van der Waals surface area contributed by atoms with Gasteiger partial charge in [0.2, 0.25) is 0 Å². The molecule has 0 spiro atoms. The Labute approximate surface area is 95.0 Å². The normalized spacial score (nSPS) is 11.1. The van der Waals surface area contributed by atoms with Gasteiger partial charge in [-0.15, -0.1) is 0 Å². The number of carbonyl (C=O) groups is 4. The van der Waals surface area contributed by atoms with Gasteiger partial charge in [-0.25, -0.2) is 0 Å². The van der Waals surface area contributed by atoms with E-state index in [2.05, 4.69) is 0 Å². The van der Waals surface area contributed by atoms with Gasteiger partial charge in [0, 0.05) is 0 Å². The first kappa shape index (κ1) is 15.2. The standard InChI is InChI=1S/C4H13N8O4P/c5-9-1(13)17(2(14)10-6,3(15)11-7)4(16)12-8/h17H,5-8H2,(H,9,13)(H,10,14)(H,11,15)(H,12,16). The number of amides is 4.